The number of benzene rings is 2. The molecule has 2 heterocycles. The molecule has 0 aliphatic carbocycles. The maximum Gasteiger partial charge on any atom is 0.217 e. The minimum absolute atomic E-state index is 0.585. The average Bonchev–Trinajstić information content (AvgIpc) is 3.06. The van der Waals surface area contributed by atoms with Crippen LogP contribution in [0.4, 0.5) is 5.69 Å². The molecule has 1 aliphatic rings. The smallest absolute Gasteiger partial charge is 0.217 e. The lowest BCUT2D eigenvalue weighted by atomic mass is 10.0. The van der Waals surface area contributed by atoms with Crippen molar-refractivity contribution in [2.24, 2.45) is 0 Å². The summed E-state index contributed by atoms with van der Waals surface area (Å²) in [4.78, 5) is 3.66. The molecule has 0 unspecified atom stereocenters. The monoisotopic (exact) mass is 285 g/mol. The summed E-state index contributed by atoms with van der Waals surface area (Å²) in [7, 11) is 0. The highest BCUT2D eigenvalue weighted by Crippen LogP contribution is 2.35. The van der Waals surface area contributed by atoms with Crippen LogP contribution in [0.2, 0.25) is 0 Å². The molecule has 104 valence electrons. The Morgan fingerprint density at radius 1 is 1.23 bits per heavy atom. The van der Waals surface area contributed by atoms with Gasteiger partial charge in [0.25, 0.3) is 0 Å². The van der Waals surface area contributed by atoms with E-state index in [1.807, 2.05) is 6.20 Å². The predicted molar refractivity (Wildman–Crippen MR) is 83.0 cm³/mol. The molecular formula is C18H13N4+. The van der Waals surface area contributed by atoms with Crippen LogP contribution in [0.1, 0.15) is 22.3 Å². The first kappa shape index (κ1) is 12.6. The fourth-order valence-corrected chi connectivity index (χ4v) is 3.34. The summed E-state index contributed by atoms with van der Waals surface area (Å²) in [5.74, 6) is 0. The van der Waals surface area contributed by atoms with Crippen molar-refractivity contribution in [3.05, 3.63) is 64.1 Å². The van der Waals surface area contributed by atoms with Gasteiger partial charge in [-0.05, 0) is 25.0 Å². The summed E-state index contributed by atoms with van der Waals surface area (Å²) in [5, 5.41) is 10.2. The average molecular weight is 285 g/mol. The summed E-state index contributed by atoms with van der Waals surface area (Å²) >= 11 is 0. The highest BCUT2D eigenvalue weighted by Gasteiger charge is 2.32. The Kier molecular flexibility index (Phi) is 2.40. The Bertz CT molecular complexity index is 1040. The molecule has 0 atom stereocenters. The van der Waals surface area contributed by atoms with Crippen LogP contribution in [0.3, 0.4) is 0 Å². The topological polar surface area (TPSA) is 37.0 Å². The van der Waals surface area contributed by atoms with E-state index in [4.69, 9.17) is 6.57 Å². The first-order chi connectivity index (χ1) is 10.7. The molecular weight excluding hydrogens is 272 g/mol. The Balaban J connectivity index is 2.21. The van der Waals surface area contributed by atoms with E-state index in [9.17, 15) is 5.26 Å². The van der Waals surface area contributed by atoms with Gasteiger partial charge in [0.15, 0.2) is 6.54 Å². The van der Waals surface area contributed by atoms with Gasteiger partial charge >= 0.3 is 0 Å². The molecule has 0 amide bonds. The Labute approximate surface area is 128 Å². The summed E-state index contributed by atoms with van der Waals surface area (Å²) in [6, 6.07) is 9.95. The van der Waals surface area contributed by atoms with Crippen LogP contribution >= 0.6 is 0 Å². The standard InChI is InChI=1S/C18H13N4/c1-11-4-5-12(2)17-14(11)9-21-10-15-13(8-19)6-7-16(20-3)18(15)22(17)21/h4-7,10H,9H2,1-2H3/q+1. The fourth-order valence-electron chi connectivity index (χ4n) is 3.34. The van der Waals surface area contributed by atoms with Gasteiger partial charge in [0.1, 0.15) is 11.2 Å². The lowest BCUT2D eigenvalue weighted by Gasteiger charge is -2.06. The number of nitriles is 1. The highest BCUT2D eigenvalue weighted by atomic mass is 15.4. The molecule has 22 heavy (non-hydrogen) atoms. The van der Waals surface area contributed by atoms with Gasteiger partial charge in [-0.25, -0.2) is 4.85 Å². The van der Waals surface area contributed by atoms with E-state index in [0.29, 0.717) is 11.3 Å². The molecule has 4 nitrogen and oxygen atoms in total. The molecule has 1 aromatic heterocycles. The zero-order valence-corrected chi connectivity index (χ0v) is 12.4. The zero-order valence-electron chi connectivity index (χ0n) is 12.4. The lowest BCUT2D eigenvalue weighted by molar-refractivity contribution is -0.749. The van der Waals surface area contributed by atoms with Crippen molar-refractivity contribution >= 4 is 16.6 Å². The quantitative estimate of drug-likeness (QED) is 0.361. The van der Waals surface area contributed by atoms with Gasteiger partial charge < -0.3 is 0 Å². The molecule has 0 saturated heterocycles. The van der Waals surface area contributed by atoms with Gasteiger partial charge in [0, 0.05) is 0 Å². The third-order valence-electron chi connectivity index (χ3n) is 4.43. The first-order valence-electron chi connectivity index (χ1n) is 7.11. The van der Waals surface area contributed by atoms with Crippen molar-refractivity contribution in [2.75, 3.05) is 0 Å². The van der Waals surface area contributed by atoms with E-state index in [2.05, 4.69) is 46.3 Å². The van der Waals surface area contributed by atoms with E-state index in [1.54, 1.807) is 12.1 Å². The lowest BCUT2D eigenvalue weighted by Crippen LogP contribution is -2.36. The Hall–Kier alpha value is -3.11. The van der Waals surface area contributed by atoms with Gasteiger partial charge in [0.2, 0.25) is 11.9 Å². The number of aryl methyl sites for hydroxylation is 2. The first-order valence-corrected chi connectivity index (χ1v) is 7.11. The molecule has 2 aromatic carbocycles. The van der Waals surface area contributed by atoms with Crippen molar-refractivity contribution in [3.63, 3.8) is 0 Å². The van der Waals surface area contributed by atoms with Crippen molar-refractivity contribution in [1.82, 2.24) is 4.68 Å². The largest absolute Gasteiger partial charge is 0.236 e. The van der Waals surface area contributed by atoms with E-state index >= 15 is 0 Å². The normalized spacial score (nSPS) is 11.8. The molecule has 0 N–H and O–H groups in total. The second-order valence-electron chi connectivity index (χ2n) is 5.68. The number of hydrogen-bond donors (Lipinski definition) is 0. The van der Waals surface area contributed by atoms with Gasteiger partial charge in [-0.15, -0.1) is 9.36 Å². The van der Waals surface area contributed by atoms with Crippen LogP contribution in [-0.4, -0.2) is 4.68 Å². The molecule has 0 bridgehead atoms. The van der Waals surface area contributed by atoms with Crippen LogP contribution < -0.4 is 4.68 Å². The molecule has 4 heteroatoms. The summed E-state index contributed by atoms with van der Waals surface area (Å²) in [6.45, 7) is 12.4. The Morgan fingerprint density at radius 3 is 2.73 bits per heavy atom. The maximum atomic E-state index is 9.34. The van der Waals surface area contributed by atoms with Gasteiger partial charge in [0.05, 0.1) is 29.2 Å². The van der Waals surface area contributed by atoms with Crippen molar-refractivity contribution < 1.29 is 4.68 Å². The highest BCUT2D eigenvalue weighted by molar-refractivity contribution is 5.95. The number of rotatable bonds is 0. The molecule has 0 fully saturated rings. The van der Waals surface area contributed by atoms with Crippen molar-refractivity contribution in [1.29, 1.82) is 5.26 Å². The predicted octanol–water partition coefficient (Wildman–Crippen LogP) is 3.32. The third kappa shape index (κ3) is 1.42. The molecule has 0 radical (unpaired) electrons. The third-order valence-corrected chi connectivity index (χ3v) is 4.43. The number of aromatic nitrogens is 2. The van der Waals surface area contributed by atoms with Crippen LogP contribution in [0.15, 0.2) is 30.5 Å². The van der Waals surface area contributed by atoms with Gasteiger partial charge in [-0.3, -0.25) is 0 Å². The zero-order chi connectivity index (χ0) is 15.4. The van der Waals surface area contributed by atoms with Gasteiger partial charge in [-0.1, -0.05) is 24.3 Å². The maximum absolute atomic E-state index is 9.34. The van der Waals surface area contributed by atoms with E-state index < -0.39 is 0 Å². The summed E-state index contributed by atoms with van der Waals surface area (Å²) in [5.41, 5.74) is 6.91. The fraction of sp³-hybridized carbons (Fsp3) is 0.167. The number of fused-ring (bicyclic) bond motifs is 5. The number of hydrogen-bond acceptors (Lipinski definition) is 1. The van der Waals surface area contributed by atoms with E-state index in [1.165, 1.54) is 16.7 Å². The van der Waals surface area contributed by atoms with Crippen LogP contribution in [0.25, 0.3) is 21.4 Å². The van der Waals surface area contributed by atoms with E-state index in [0.717, 1.165) is 23.1 Å². The van der Waals surface area contributed by atoms with E-state index in [-0.39, 0.29) is 0 Å². The van der Waals surface area contributed by atoms with Crippen LogP contribution in [0, 0.1) is 31.8 Å². The molecule has 4 rings (SSSR count). The second kappa shape index (κ2) is 4.19. The Morgan fingerprint density at radius 2 is 2.00 bits per heavy atom. The van der Waals surface area contributed by atoms with Gasteiger partial charge in [-0.2, -0.15) is 5.26 Å². The SMILES string of the molecule is [C-]#[N+]c1ccc(C#N)c2c[n+]3n(c12)-c1c(C)ccc(C)c1C3. The second-order valence-corrected chi connectivity index (χ2v) is 5.68. The van der Waals surface area contributed by atoms with Crippen molar-refractivity contribution in [2.45, 2.75) is 20.4 Å². The van der Waals surface area contributed by atoms with Crippen molar-refractivity contribution in [3.8, 4) is 11.8 Å². The summed E-state index contributed by atoms with van der Waals surface area (Å²) < 4.78 is 4.20. The molecule has 0 saturated carbocycles. The minimum atomic E-state index is 0.585. The number of nitrogens with zero attached hydrogens (tertiary/aromatic N) is 4. The molecule has 0 spiro atoms. The molecule has 1 aliphatic heterocycles. The summed E-state index contributed by atoms with van der Waals surface area (Å²) in [6.07, 6.45) is 1.99. The minimum Gasteiger partial charge on any atom is -0.236 e. The van der Waals surface area contributed by atoms with Crippen LogP contribution in [0.5, 0.6) is 0 Å². The molecule has 3 aromatic rings. The van der Waals surface area contributed by atoms with Crippen LogP contribution in [-0.2, 0) is 6.54 Å².